The molecule has 0 aromatic rings. The van der Waals surface area contributed by atoms with Crippen molar-refractivity contribution in [2.75, 3.05) is 46.2 Å². The molecule has 1 aliphatic rings. The molecule has 1 heterocycles. The van der Waals surface area contributed by atoms with Crippen LogP contribution in [0.3, 0.4) is 0 Å². The van der Waals surface area contributed by atoms with Gasteiger partial charge in [0, 0.05) is 27.7 Å². The Morgan fingerprint density at radius 3 is 1.94 bits per heavy atom. The Kier molecular flexibility index (Phi) is 13.5. The third-order valence-corrected chi connectivity index (χ3v) is 4.19. The Hall–Kier alpha value is -2.32. The predicted molar refractivity (Wildman–Crippen MR) is 109 cm³/mol. The van der Waals surface area contributed by atoms with Gasteiger partial charge in [0.1, 0.15) is 18.8 Å². The molecule has 33 heavy (non-hydrogen) atoms. The van der Waals surface area contributed by atoms with Crippen LogP contribution < -0.4 is 5.32 Å². The summed E-state index contributed by atoms with van der Waals surface area (Å²) < 4.78 is 37.7. The Morgan fingerprint density at radius 2 is 1.39 bits per heavy atom. The lowest BCUT2D eigenvalue weighted by molar-refractivity contribution is -0.279. The van der Waals surface area contributed by atoms with Gasteiger partial charge in [-0.15, -0.1) is 0 Å². The van der Waals surface area contributed by atoms with Crippen molar-refractivity contribution in [1.82, 2.24) is 5.32 Å². The Balaban J connectivity index is 2.95. The van der Waals surface area contributed by atoms with Crippen LogP contribution in [0.2, 0.25) is 0 Å². The van der Waals surface area contributed by atoms with Crippen LogP contribution in [0.25, 0.3) is 0 Å². The molecule has 5 atom stereocenters. The standard InChI is InChI=1S/C20H33NO12/c1-12(23)21-17-19(32-15(4)26)18(31-14(3)25)16(11-30-13(2)24)33-20(17)29-10-9-28-8-7-27-6-5-22/h16-20,22H,5-11H2,1-4H3,(H,21,23)/t16?,17-,18+,19-,20-/m1/s1. The summed E-state index contributed by atoms with van der Waals surface area (Å²) in [5, 5.41) is 11.3. The van der Waals surface area contributed by atoms with E-state index in [1.54, 1.807) is 0 Å². The first-order chi connectivity index (χ1) is 15.6. The lowest BCUT2D eigenvalue weighted by Gasteiger charge is -2.44. The van der Waals surface area contributed by atoms with Crippen molar-refractivity contribution in [3.05, 3.63) is 0 Å². The molecule has 2 N–H and O–H groups in total. The lowest BCUT2D eigenvalue weighted by Crippen LogP contribution is -2.66. The number of amides is 1. The van der Waals surface area contributed by atoms with Crippen LogP contribution in [-0.4, -0.2) is 106 Å². The zero-order valence-corrected chi connectivity index (χ0v) is 19.3. The van der Waals surface area contributed by atoms with Crippen molar-refractivity contribution in [3.8, 4) is 0 Å². The highest BCUT2D eigenvalue weighted by Gasteiger charge is 2.51. The maximum absolute atomic E-state index is 11.8. The summed E-state index contributed by atoms with van der Waals surface area (Å²) >= 11 is 0. The number of ether oxygens (including phenoxy) is 7. The predicted octanol–water partition coefficient (Wildman–Crippen LogP) is -1.32. The van der Waals surface area contributed by atoms with Gasteiger partial charge in [0.25, 0.3) is 0 Å². The quantitative estimate of drug-likeness (QED) is 0.172. The van der Waals surface area contributed by atoms with Gasteiger partial charge in [0.2, 0.25) is 5.91 Å². The highest BCUT2D eigenvalue weighted by molar-refractivity contribution is 5.73. The van der Waals surface area contributed by atoms with Crippen LogP contribution in [-0.2, 0) is 52.3 Å². The minimum Gasteiger partial charge on any atom is -0.463 e. The second-order valence-corrected chi connectivity index (χ2v) is 7.04. The van der Waals surface area contributed by atoms with Crippen molar-refractivity contribution < 1.29 is 57.4 Å². The Labute approximate surface area is 191 Å². The minimum atomic E-state index is -1.18. The molecule has 0 saturated carbocycles. The molecular weight excluding hydrogens is 446 g/mol. The number of esters is 3. The fourth-order valence-corrected chi connectivity index (χ4v) is 3.04. The van der Waals surface area contributed by atoms with Crippen LogP contribution in [0, 0.1) is 0 Å². The number of carbonyl (C=O) groups excluding carboxylic acids is 4. The molecule has 1 aliphatic heterocycles. The minimum absolute atomic E-state index is 0.0338. The maximum Gasteiger partial charge on any atom is 0.303 e. The van der Waals surface area contributed by atoms with Gasteiger partial charge >= 0.3 is 17.9 Å². The third kappa shape index (κ3) is 11.4. The maximum atomic E-state index is 11.8. The van der Waals surface area contributed by atoms with E-state index < -0.39 is 54.5 Å². The number of rotatable bonds is 14. The van der Waals surface area contributed by atoms with E-state index in [2.05, 4.69) is 5.32 Å². The van der Waals surface area contributed by atoms with Crippen LogP contribution in [0.4, 0.5) is 0 Å². The molecular formula is C20H33NO12. The largest absolute Gasteiger partial charge is 0.463 e. The zero-order valence-electron chi connectivity index (χ0n) is 19.3. The van der Waals surface area contributed by atoms with Gasteiger partial charge in [-0.05, 0) is 0 Å². The van der Waals surface area contributed by atoms with E-state index in [0.29, 0.717) is 0 Å². The average molecular weight is 479 g/mol. The van der Waals surface area contributed by atoms with Crippen molar-refractivity contribution in [3.63, 3.8) is 0 Å². The molecule has 13 heteroatoms. The first-order valence-electron chi connectivity index (χ1n) is 10.4. The smallest absolute Gasteiger partial charge is 0.303 e. The molecule has 0 aromatic carbocycles. The van der Waals surface area contributed by atoms with E-state index in [-0.39, 0.29) is 46.2 Å². The topological polar surface area (TPSA) is 165 Å². The van der Waals surface area contributed by atoms with Crippen LogP contribution in [0.15, 0.2) is 0 Å². The summed E-state index contributed by atoms with van der Waals surface area (Å²) in [6.07, 6.45) is -4.53. The highest BCUT2D eigenvalue weighted by Crippen LogP contribution is 2.28. The molecule has 1 unspecified atom stereocenters. The summed E-state index contributed by atoms with van der Waals surface area (Å²) in [6.45, 7) is 5.32. The number of hydrogen-bond acceptors (Lipinski definition) is 12. The molecule has 1 fully saturated rings. The third-order valence-electron chi connectivity index (χ3n) is 4.19. The normalized spacial score (nSPS) is 24.6. The van der Waals surface area contributed by atoms with Gasteiger partial charge in [-0.25, -0.2) is 0 Å². The van der Waals surface area contributed by atoms with E-state index >= 15 is 0 Å². The first-order valence-corrected chi connectivity index (χ1v) is 10.4. The molecule has 1 rings (SSSR count). The van der Waals surface area contributed by atoms with Crippen molar-refractivity contribution in [2.24, 2.45) is 0 Å². The molecule has 0 aromatic heterocycles. The van der Waals surface area contributed by atoms with Gasteiger partial charge in [-0.3, -0.25) is 19.2 Å². The Morgan fingerprint density at radius 1 is 0.818 bits per heavy atom. The number of aliphatic hydroxyl groups excluding tert-OH is 1. The van der Waals surface area contributed by atoms with Gasteiger partial charge in [-0.2, -0.15) is 0 Å². The molecule has 0 aliphatic carbocycles. The van der Waals surface area contributed by atoms with Crippen LogP contribution in [0.1, 0.15) is 27.7 Å². The van der Waals surface area contributed by atoms with E-state index in [1.165, 1.54) is 13.8 Å². The summed E-state index contributed by atoms with van der Waals surface area (Å²) in [7, 11) is 0. The van der Waals surface area contributed by atoms with Crippen molar-refractivity contribution in [2.45, 2.75) is 58.3 Å². The van der Waals surface area contributed by atoms with Crippen molar-refractivity contribution in [1.29, 1.82) is 0 Å². The summed E-state index contributed by atoms with van der Waals surface area (Å²) in [5.74, 6) is -2.44. The first kappa shape index (κ1) is 28.7. The number of carbonyl (C=O) groups is 4. The second-order valence-electron chi connectivity index (χ2n) is 7.04. The SMILES string of the molecule is CC(=O)N[C@H]1[C@H](OCCOCCOCCO)OC(COC(C)=O)[C@H](OC(C)=O)[C@@H]1OC(C)=O. The number of aliphatic hydroxyl groups is 1. The molecule has 1 amide bonds. The summed E-state index contributed by atoms with van der Waals surface area (Å²) in [5.41, 5.74) is 0. The van der Waals surface area contributed by atoms with E-state index in [1.807, 2.05) is 0 Å². The van der Waals surface area contributed by atoms with E-state index in [9.17, 15) is 19.2 Å². The highest BCUT2D eigenvalue weighted by atomic mass is 16.7. The second kappa shape index (κ2) is 15.5. The molecule has 1 saturated heterocycles. The van der Waals surface area contributed by atoms with Gasteiger partial charge in [-0.1, -0.05) is 0 Å². The summed E-state index contributed by atoms with van der Waals surface area (Å²) in [6, 6.07) is -1.03. The van der Waals surface area contributed by atoms with Gasteiger partial charge in [0.15, 0.2) is 18.5 Å². The van der Waals surface area contributed by atoms with Gasteiger partial charge < -0.3 is 43.6 Å². The average Bonchev–Trinajstić information content (AvgIpc) is 2.71. The molecule has 0 bridgehead atoms. The lowest BCUT2D eigenvalue weighted by atomic mass is 9.96. The van der Waals surface area contributed by atoms with Gasteiger partial charge in [0.05, 0.1) is 39.6 Å². The molecule has 190 valence electrons. The molecule has 13 nitrogen and oxygen atoms in total. The number of hydrogen-bond donors (Lipinski definition) is 2. The van der Waals surface area contributed by atoms with Crippen LogP contribution in [0.5, 0.6) is 0 Å². The number of nitrogens with one attached hydrogen (secondary N) is 1. The van der Waals surface area contributed by atoms with E-state index in [4.69, 9.17) is 38.3 Å². The monoisotopic (exact) mass is 479 g/mol. The van der Waals surface area contributed by atoms with E-state index in [0.717, 1.165) is 13.8 Å². The van der Waals surface area contributed by atoms with Crippen LogP contribution >= 0.6 is 0 Å². The Bertz CT molecular complexity index is 643. The molecule has 0 radical (unpaired) electrons. The van der Waals surface area contributed by atoms with Crippen molar-refractivity contribution >= 4 is 23.8 Å². The summed E-state index contributed by atoms with van der Waals surface area (Å²) in [4.78, 5) is 46.6. The molecule has 0 spiro atoms. The fraction of sp³-hybridized carbons (Fsp3) is 0.800. The fourth-order valence-electron chi connectivity index (χ4n) is 3.04. The zero-order chi connectivity index (χ0) is 24.8.